The highest BCUT2D eigenvalue weighted by Gasteiger charge is 2.24. The van der Waals surface area contributed by atoms with Crippen LogP contribution in [-0.4, -0.2) is 29.4 Å². The van der Waals surface area contributed by atoms with Gasteiger partial charge in [-0.3, -0.25) is 9.59 Å². The summed E-state index contributed by atoms with van der Waals surface area (Å²) in [7, 11) is 0. The van der Waals surface area contributed by atoms with Crippen molar-refractivity contribution in [2.45, 2.75) is 26.2 Å². The number of hydrogen-bond acceptors (Lipinski definition) is 3. The maximum atomic E-state index is 12.3. The van der Waals surface area contributed by atoms with Gasteiger partial charge in [0.2, 0.25) is 11.8 Å². The first-order valence-electron chi connectivity index (χ1n) is 8.48. The van der Waals surface area contributed by atoms with Crippen molar-refractivity contribution in [3.63, 3.8) is 0 Å². The van der Waals surface area contributed by atoms with Crippen molar-refractivity contribution in [3.05, 3.63) is 59.2 Å². The van der Waals surface area contributed by atoms with E-state index in [0.29, 0.717) is 12.8 Å². The number of rotatable bonds is 5. The molecule has 6 nitrogen and oxygen atoms in total. The molecule has 0 saturated heterocycles. The van der Waals surface area contributed by atoms with Gasteiger partial charge in [0.15, 0.2) is 0 Å². The van der Waals surface area contributed by atoms with Crippen LogP contribution in [0.25, 0.3) is 0 Å². The van der Waals surface area contributed by atoms with E-state index in [-0.39, 0.29) is 36.0 Å². The second-order valence-electron chi connectivity index (χ2n) is 6.33. The number of amides is 2. The molecule has 6 heteroatoms. The number of carbonyl (C=O) groups is 3. The maximum Gasteiger partial charge on any atom is 0.337 e. The smallest absolute Gasteiger partial charge is 0.337 e. The number of anilines is 2. The van der Waals surface area contributed by atoms with Crippen LogP contribution >= 0.6 is 0 Å². The van der Waals surface area contributed by atoms with Crippen LogP contribution in [0.2, 0.25) is 0 Å². The molecule has 26 heavy (non-hydrogen) atoms. The van der Waals surface area contributed by atoms with Gasteiger partial charge < -0.3 is 15.3 Å². The quantitative estimate of drug-likeness (QED) is 0.866. The summed E-state index contributed by atoms with van der Waals surface area (Å²) in [4.78, 5) is 37.5. The SMILES string of the molecule is Cc1ccc(NC(=O)CCN2C(=O)CCc3ccccc32)c(C(=O)O)c1. The number of para-hydroxylation sites is 1. The highest BCUT2D eigenvalue weighted by molar-refractivity contribution is 6.01. The van der Waals surface area contributed by atoms with Crippen LogP contribution < -0.4 is 10.2 Å². The molecule has 2 aromatic rings. The van der Waals surface area contributed by atoms with Crippen molar-refractivity contribution < 1.29 is 19.5 Å². The zero-order valence-electron chi connectivity index (χ0n) is 14.5. The molecule has 1 aliphatic heterocycles. The van der Waals surface area contributed by atoms with Crippen LogP contribution in [0.4, 0.5) is 11.4 Å². The first-order chi connectivity index (χ1) is 12.5. The van der Waals surface area contributed by atoms with Crippen LogP contribution in [0.15, 0.2) is 42.5 Å². The molecule has 0 aromatic heterocycles. The second-order valence-corrected chi connectivity index (χ2v) is 6.33. The van der Waals surface area contributed by atoms with Gasteiger partial charge in [-0.15, -0.1) is 0 Å². The topological polar surface area (TPSA) is 86.7 Å². The Morgan fingerprint density at radius 3 is 2.69 bits per heavy atom. The van der Waals surface area contributed by atoms with Gasteiger partial charge in [0.05, 0.1) is 11.3 Å². The molecule has 1 aliphatic rings. The number of aromatic carboxylic acids is 1. The third-order valence-corrected chi connectivity index (χ3v) is 4.43. The lowest BCUT2D eigenvalue weighted by atomic mass is 10.0. The Hall–Kier alpha value is -3.15. The summed E-state index contributed by atoms with van der Waals surface area (Å²) >= 11 is 0. The molecular formula is C20H20N2O4. The van der Waals surface area contributed by atoms with Gasteiger partial charge in [-0.25, -0.2) is 4.79 Å². The Morgan fingerprint density at radius 1 is 1.15 bits per heavy atom. The summed E-state index contributed by atoms with van der Waals surface area (Å²) in [5.74, 6) is -1.42. The Morgan fingerprint density at radius 2 is 1.92 bits per heavy atom. The largest absolute Gasteiger partial charge is 0.478 e. The van der Waals surface area contributed by atoms with E-state index in [2.05, 4.69) is 5.32 Å². The van der Waals surface area contributed by atoms with Crippen molar-refractivity contribution in [1.29, 1.82) is 0 Å². The summed E-state index contributed by atoms with van der Waals surface area (Å²) in [5.41, 5.74) is 3.06. The van der Waals surface area contributed by atoms with Crippen molar-refractivity contribution in [2.24, 2.45) is 0 Å². The summed E-state index contributed by atoms with van der Waals surface area (Å²) < 4.78 is 0. The van der Waals surface area contributed by atoms with Gasteiger partial charge in [0, 0.05) is 25.1 Å². The lowest BCUT2D eigenvalue weighted by molar-refractivity contribution is -0.119. The van der Waals surface area contributed by atoms with E-state index >= 15 is 0 Å². The highest BCUT2D eigenvalue weighted by Crippen LogP contribution is 2.27. The number of carboxylic acid groups (broad SMARTS) is 1. The molecule has 0 fully saturated rings. The monoisotopic (exact) mass is 352 g/mol. The number of carbonyl (C=O) groups excluding carboxylic acids is 2. The molecule has 134 valence electrons. The van der Waals surface area contributed by atoms with E-state index in [1.165, 1.54) is 6.07 Å². The molecule has 2 amide bonds. The zero-order chi connectivity index (χ0) is 18.7. The molecule has 2 aromatic carbocycles. The Labute approximate surface area is 151 Å². The number of fused-ring (bicyclic) bond motifs is 1. The molecule has 1 heterocycles. The fourth-order valence-electron chi connectivity index (χ4n) is 3.11. The number of nitrogens with one attached hydrogen (secondary N) is 1. The predicted octanol–water partition coefficient (Wildman–Crippen LogP) is 3.00. The zero-order valence-corrected chi connectivity index (χ0v) is 14.5. The van der Waals surface area contributed by atoms with Crippen LogP contribution in [0.5, 0.6) is 0 Å². The van der Waals surface area contributed by atoms with E-state index in [1.807, 2.05) is 24.3 Å². The molecule has 3 rings (SSSR count). The van der Waals surface area contributed by atoms with Crippen LogP contribution in [0.3, 0.4) is 0 Å². The molecule has 0 spiro atoms. The summed E-state index contributed by atoms with van der Waals surface area (Å²) in [6.45, 7) is 2.05. The number of aryl methyl sites for hydroxylation is 2. The molecular weight excluding hydrogens is 332 g/mol. The van der Waals surface area contributed by atoms with Crippen LogP contribution in [0.1, 0.15) is 34.3 Å². The fraction of sp³-hybridized carbons (Fsp3) is 0.250. The van der Waals surface area contributed by atoms with Gasteiger partial charge in [0.1, 0.15) is 0 Å². The Kier molecular flexibility index (Phi) is 5.02. The molecule has 0 radical (unpaired) electrons. The molecule has 0 atom stereocenters. The molecule has 2 N–H and O–H groups in total. The van der Waals surface area contributed by atoms with Gasteiger partial charge in [-0.1, -0.05) is 29.8 Å². The highest BCUT2D eigenvalue weighted by atomic mass is 16.4. The van der Waals surface area contributed by atoms with Gasteiger partial charge in [-0.2, -0.15) is 0 Å². The number of carboxylic acids is 1. The maximum absolute atomic E-state index is 12.3. The summed E-state index contributed by atoms with van der Waals surface area (Å²) in [5, 5.41) is 11.9. The predicted molar refractivity (Wildman–Crippen MR) is 98.5 cm³/mol. The van der Waals surface area contributed by atoms with Gasteiger partial charge in [0.25, 0.3) is 0 Å². The second kappa shape index (κ2) is 7.39. The third kappa shape index (κ3) is 3.74. The summed E-state index contributed by atoms with van der Waals surface area (Å²) in [6, 6.07) is 12.5. The van der Waals surface area contributed by atoms with Crippen LogP contribution in [0, 0.1) is 6.92 Å². The lowest BCUT2D eigenvalue weighted by Gasteiger charge is -2.29. The fourth-order valence-corrected chi connectivity index (χ4v) is 3.11. The minimum absolute atomic E-state index is 0.00180. The van der Waals surface area contributed by atoms with Crippen molar-refractivity contribution in [2.75, 3.05) is 16.8 Å². The third-order valence-electron chi connectivity index (χ3n) is 4.43. The van der Waals surface area contributed by atoms with E-state index in [9.17, 15) is 19.5 Å². The standard InChI is InChI=1S/C20H20N2O4/c1-13-6-8-16(15(12-13)20(25)26)21-18(23)10-11-22-17-5-3-2-4-14(17)7-9-19(22)24/h2-6,8,12H,7,9-11H2,1H3,(H,21,23)(H,25,26). The Balaban J connectivity index is 1.69. The van der Waals surface area contributed by atoms with E-state index in [0.717, 1.165) is 16.8 Å². The molecule has 0 bridgehead atoms. The minimum Gasteiger partial charge on any atom is -0.478 e. The minimum atomic E-state index is -1.09. The number of benzene rings is 2. The van der Waals surface area contributed by atoms with Crippen molar-refractivity contribution in [3.8, 4) is 0 Å². The molecule has 0 aliphatic carbocycles. The number of nitrogens with zero attached hydrogens (tertiary/aromatic N) is 1. The Bertz CT molecular complexity index is 876. The van der Waals surface area contributed by atoms with E-state index in [1.54, 1.807) is 24.0 Å². The van der Waals surface area contributed by atoms with E-state index < -0.39 is 5.97 Å². The average molecular weight is 352 g/mol. The lowest BCUT2D eigenvalue weighted by Crippen LogP contribution is -2.37. The molecule has 0 saturated carbocycles. The van der Waals surface area contributed by atoms with E-state index in [4.69, 9.17) is 0 Å². The average Bonchev–Trinajstić information content (AvgIpc) is 2.62. The first kappa shape index (κ1) is 17.7. The van der Waals surface area contributed by atoms with Crippen molar-refractivity contribution >= 4 is 29.2 Å². The van der Waals surface area contributed by atoms with Crippen LogP contribution in [-0.2, 0) is 16.0 Å². The van der Waals surface area contributed by atoms with Gasteiger partial charge >= 0.3 is 5.97 Å². The number of hydrogen-bond donors (Lipinski definition) is 2. The first-order valence-corrected chi connectivity index (χ1v) is 8.48. The molecule has 0 unspecified atom stereocenters. The summed E-state index contributed by atoms with van der Waals surface area (Å²) in [6.07, 6.45) is 1.23. The normalized spacial score (nSPS) is 13.3. The van der Waals surface area contributed by atoms with Gasteiger partial charge in [-0.05, 0) is 37.1 Å². The van der Waals surface area contributed by atoms with Crippen molar-refractivity contribution in [1.82, 2.24) is 0 Å².